The molecule has 4 rings (SSSR count). The highest BCUT2D eigenvalue weighted by molar-refractivity contribution is 6.90. The molecule has 0 atom stereocenters. The minimum atomic E-state index is -2.20. The van der Waals surface area contributed by atoms with Gasteiger partial charge in [0.05, 0.1) is 19.8 Å². The number of fused-ring (bicyclic) bond motifs is 1. The van der Waals surface area contributed by atoms with Gasteiger partial charge >= 0.3 is 0 Å². The second-order valence-corrected chi connectivity index (χ2v) is 12.1. The topological polar surface area (TPSA) is 35.0 Å². The van der Waals surface area contributed by atoms with E-state index in [1.54, 1.807) is 12.3 Å². The summed E-state index contributed by atoms with van der Waals surface area (Å²) in [5.41, 5.74) is 2.09. The van der Waals surface area contributed by atoms with Gasteiger partial charge in [0, 0.05) is 16.8 Å². The number of halogens is 1. The van der Waals surface area contributed by atoms with Gasteiger partial charge in [-0.2, -0.15) is 4.39 Å². The van der Waals surface area contributed by atoms with Crippen molar-refractivity contribution in [3.05, 3.63) is 90.6 Å². The first kappa shape index (κ1) is 18.3. The van der Waals surface area contributed by atoms with Crippen LogP contribution in [0.2, 0.25) is 13.1 Å². The lowest BCUT2D eigenvalue weighted by molar-refractivity contribution is 0.476. The van der Waals surface area contributed by atoms with E-state index in [0.29, 0.717) is 16.7 Å². The molecule has 0 aliphatic heterocycles. The van der Waals surface area contributed by atoms with Crippen LogP contribution in [0.5, 0.6) is 11.5 Å². The first-order valence-corrected chi connectivity index (χ1v) is 12.5. The van der Waals surface area contributed by atoms with Crippen LogP contribution in [0, 0.1) is 5.95 Å². The Morgan fingerprint density at radius 2 is 1.68 bits per heavy atom. The standard InChI is InChI=1S/C23H21FN2OSi/c1-28(2,16-17-8-4-3-5-9-17)22-21(12-13-25-23(22)24)27-19-14-18-10-6-7-11-20(18)26-15-19/h3-15H,16H2,1-2H3. The molecule has 0 fully saturated rings. The molecular formula is C23H21FN2OSi. The molecule has 3 nitrogen and oxygen atoms in total. The molecule has 2 aromatic carbocycles. The highest BCUT2D eigenvalue weighted by atomic mass is 28.3. The van der Waals surface area contributed by atoms with E-state index in [-0.39, 0.29) is 0 Å². The smallest absolute Gasteiger partial charge is 0.215 e. The van der Waals surface area contributed by atoms with E-state index < -0.39 is 14.0 Å². The second kappa shape index (κ2) is 7.52. The quantitative estimate of drug-likeness (QED) is 0.346. The number of ether oxygens (including phenoxy) is 1. The van der Waals surface area contributed by atoms with Crippen LogP contribution >= 0.6 is 0 Å². The highest BCUT2D eigenvalue weighted by Crippen LogP contribution is 2.26. The maximum absolute atomic E-state index is 14.8. The lowest BCUT2D eigenvalue weighted by Gasteiger charge is -2.25. The van der Waals surface area contributed by atoms with Crippen LogP contribution in [0.15, 0.2) is 79.1 Å². The molecule has 140 valence electrons. The molecule has 0 aliphatic rings. The summed E-state index contributed by atoms with van der Waals surface area (Å²) in [7, 11) is -2.20. The maximum Gasteiger partial charge on any atom is 0.215 e. The molecule has 0 aliphatic carbocycles. The molecule has 4 aromatic rings. The largest absolute Gasteiger partial charge is 0.456 e. The van der Waals surface area contributed by atoms with Gasteiger partial charge in [-0.05, 0) is 24.2 Å². The molecule has 0 amide bonds. The molecule has 0 bridgehead atoms. The van der Waals surface area contributed by atoms with Gasteiger partial charge in [0.15, 0.2) is 0 Å². The van der Waals surface area contributed by atoms with Gasteiger partial charge in [0.25, 0.3) is 0 Å². The van der Waals surface area contributed by atoms with Crippen LogP contribution in [0.25, 0.3) is 10.9 Å². The molecule has 0 N–H and O–H groups in total. The fourth-order valence-electron chi connectivity index (χ4n) is 3.55. The van der Waals surface area contributed by atoms with Crippen LogP contribution in [0.1, 0.15) is 5.56 Å². The van der Waals surface area contributed by atoms with Gasteiger partial charge < -0.3 is 4.74 Å². The Labute approximate surface area is 164 Å². The lowest BCUT2D eigenvalue weighted by atomic mass is 10.2. The van der Waals surface area contributed by atoms with Crippen molar-refractivity contribution in [1.82, 2.24) is 9.97 Å². The number of benzene rings is 2. The number of para-hydroxylation sites is 1. The molecule has 0 unspecified atom stereocenters. The van der Waals surface area contributed by atoms with Gasteiger partial charge in [-0.1, -0.05) is 67.2 Å². The number of hydrogen-bond acceptors (Lipinski definition) is 3. The predicted octanol–water partition coefficient (Wildman–Crippen LogP) is 5.26. The summed E-state index contributed by atoms with van der Waals surface area (Å²) in [5.74, 6) is 0.672. The second-order valence-electron chi connectivity index (χ2n) is 7.49. The summed E-state index contributed by atoms with van der Waals surface area (Å²) in [6.45, 7) is 4.29. The van der Waals surface area contributed by atoms with Gasteiger partial charge in [0.1, 0.15) is 11.5 Å². The number of nitrogens with zero attached hydrogens (tertiary/aromatic N) is 2. The normalized spacial score (nSPS) is 11.5. The van der Waals surface area contributed by atoms with E-state index in [0.717, 1.165) is 16.9 Å². The summed E-state index contributed by atoms with van der Waals surface area (Å²) >= 11 is 0. The van der Waals surface area contributed by atoms with Crippen molar-refractivity contribution in [2.24, 2.45) is 0 Å². The Bertz CT molecular complexity index is 1120. The third-order valence-corrected chi connectivity index (χ3v) is 7.92. The first-order chi connectivity index (χ1) is 13.5. The van der Waals surface area contributed by atoms with Crippen LogP contribution in [-0.4, -0.2) is 18.0 Å². The van der Waals surface area contributed by atoms with Gasteiger partial charge in [-0.3, -0.25) is 4.98 Å². The van der Waals surface area contributed by atoms with E-state index in [9.17, 15) is 4.39 Å². The van der Waals surface area contributed by atoms with E-state index in [4.69, 9.17) is 4.74 Å². The van der Waals surface area contributed by atoms with Gasteiger partial charge in [-0.25, -0.2) is 4.98 Å². The fraction of sp³-hybridized carbons (Fsp3) is 0.130. The van der Waals surface area contributed by atoms with Crippen molar-refractivity contribution in [2.75, 3.05) is 0 Å². The summed E-state index contributed by atoms with van der Waals surface area (Å²) < 4.78 is 20.9. The number of rotatable bonds is 5. The van der Waals surface area contributed by atoms with Crippen LogP contribution in [0.3, 0.4) is 0 Å². The minimum Gasteiger partial charge on any atom is -0.456 e. The van der Waals surface area contributed by atoms with Crippen molar-refractivity contribution < 1.29 is 9.13 Å². The Hall–Kier alpha value is -3.05. The van der Waals surface area contributed by atoms with Crippen LogP contribution in [-0.2, 0) is 6.04 Å². The summed E-state index contributed by atoms with van der Waals surface area (Å²) in [4.78, 5) is 8.35. The van der Waals surface area contributed by atoms with Crippen molar-refractivity contribution in [1.29, 1.82) is 0 Å². The van der Waals surface area contributed by atoms with Crippen LogP contribution in [0.4, 0.5) is 4.39 Å². The lowest BCUT2D eigenvalue weighted by Crippen LogP contribution is -2.47. The third-order valence-electron chi connectivity index (χ3n) is 4.83. The summed E-state index contributed by atoms with van der Waals surface area (Å²) in [6.07, 6.45) is 3.13. The van der Waals surface area contributed by atoms with Crippen molar-refractivity contribution >= 4 is 24.2 Å². The maximum atomic E-state index is 14.8. The number of pyridine rings is 2. The zero-order chi connectivity index (χ0) is 19.6. The Balaban J connectivity index is 1.70. The molecule has 2 heterocycles. The van der Waals surface area contributed by atoms with E-state index >= 15 is 0 Å². The summed E-state index contributed by atoms with van der Waals surface area (Å²) in [6, 6.07) is 22.5. The molecule has 28 heavy (non-hydrogen) atoms. The van der Waals surface area contributed by atoms with Gasteiger partial charge in [-0.15, -0.1) is 0 Å². The molecule has 5 heteroatoms. The Morgan fingerprint density at radius 3 is 2.50 bits per heavy atom. The minimum absolute atomic E-state index is 0.446. The zero-order valence-corrected chi connectivity index (χ0v) is 16.9. The third kappa shape index (κ3) is 3.80. The summed E-state index contributed by atoms with van der Waals surface area (Å²) in [5, 5.41) is 1.59. The van der Waals surface area contributed by atoms with E-state index in [1.165, 1.54) is 11.8 Å². The Kier molecular flexibility index (Phi) is 4.92. The zero-order valence-electron chi connectivity index (χ0n) is 15.9. The van der Waals surface area contributed by atoms with Gasteiger partial charge in [0.2, 0.25) is 5.95 Å². The van der Waals surface area contributed by atoms with E-state index in [2.05, 4.69) is 35.2 Å². The van der Waals surface area contributed by atoms with E-state index in [1.807, 2.05) is 48.5 Å². The fourth-order valence-corrected chi connectivity index (χ4v) is 6.40. The highest BCUT2D eigenvalue weighted by Gasteiger charge is 2.32. The molecule has 0 saturated carbocycles. The molecule has 0 saturated heterocycles. The van der Waals surface area contributed by atoms with Crippen LogP contribution < -0.4 is 9.92 Å². The van der Waals surface area contributed by atoms with Crippen molar-refractivity contribution in [2.45, 2.75) is 19.1 Å². The Morgan fingerprint density at radius 1 is 0.929 bits per heavy atom. The average molecular weight is 389 g/mol. The number of hydrogen-bond donors (Lipinski definition) is 0. The predicted molar refractivity (Wildman–Crippen MR) is 113 cm³/mol. The molecule has 0 radical (unpaired) electrons. The number of aromatic nitrogens is 2. The van der Waals surface area contributed by atoms with Crippen molar-refractivity contribution in [3.63, 3.8) is 0 Å². The SMILES string of the molecule is C[Si](C)(Cc1ccccc1)c1c(Oc2cnc3ccccc3c2)ccnc1F. The monoisotopic (exact) mass is 388 g/mol. The molecule has 2 aromatic heterocycles. The molecular weight excluding hydrogens is 367 g/mol. The molecule has 0 spiro atoms. The van der Waals surface area contributed by atoms with Crippen molar-refractivity contribution in [3.8, 4) is 11.5 Å². The average Bonchev–Trinajstić information content (AvgIpc) is 2.68. The first-order valence-electron chi connectivity index (χ1n) is 9.24.